The molecule has 2 rings (SSSR count). The number of hydrogen-bond donors (Lipinski definition) is 2. The smallest absolute Gasteiger partial charge is 0.320 e. The van der Waals surface area contributed by atoms with Crippen molar-refractivity contribution >= 4 is 5.97 Å². The summed E-state index contributed by atoms with van der Waals surface area (Å²) in [7, 11) is 0. The first-order chi connectivity index (χ1) is 19.7. The van der Waals surface area contributed by atoms with Gasteiger partial charge in [-0.15, -0.1) is 0 Å². The highest BCUT2D eigenvalue weighted by Crippen LogP contribution is 2.42. The highest BCUT2D eigenvalue weighted by molar-refractivity contribution is 5.80. The Labute approximate surface area is 271 Å². The average molecular weight is 613 g/mol. The van der Waals surface area contributed by atoms with Crippen LogP contribution >= 0.6 is 0 Å². The third-order valence-corrected chi connectivity index (χ3v) is 8.98. The maximum Gasteiger partial charge on any atom is 0.320 e. The second-order valence-corrected chi connectivity index (χ2v) is 18.3. The van der Waals surface area contributed by atoms with Gasteiger partial charge in [0.15, 0.2) is 0 Å². The van der Waals surface area contributed by atoms with Crippen molar-refractivity contribution in [3.05, 3.63) is 47.2 Å². The third kappa shape index (κ3) is 10.9. The predicted molar refractivity (Wildman–Crippen MR) is 187 cm³/mol. The van der Waals surface area contributed by atoms with Crippen molar-refractivity contribution < 1.29 is 14.3 Å². The van der Waals surface area contributed by atoms with Crippen LogP contribution in [0.4, 0.5) is 0 Å². The molecule has 0 aliphatic carbocycles. The van der Waals surface area contributed by atoms with Gasteiger partial charge < -0.3 is 20.5 Å². The summed E-state index contributed by atoms with van der Waals surface area (Å²) in [5.74, 6) is 0.616. The fraction of sp³-hybridized carbons (Fsp3) is 0.769. The standard InChI is InChI=1S/C39H68N2O3/c1-17-39(33(42)44-31(18-26(2)3)23-36(11,12)40,27(4)43-32-24-37(13,14)41-38(15,16)25-32)22-28-19-29(34(5,6)7)21-30(20-28)35(8,9)10/h19-21,26,31-32,41H,4,17-18,22-25,40H2,1-3,5-16H3. The summed E-state index contributed by atoms with van der Waals surface area (Å²) in [4.78, 5) is 14.7. The largest absolute Gasteiger partial charge is 0.494 e. The van der Waals surface area contributed by atoms with Crippen molar-refractivity contribution in [1.82, 2.24) is 5.32 Å². The summed E-state index contributed by atoms with van der Waals surface area (Å²) in [6.07, 6.45) is 3.64. The second kappa shape index (κ2) is 13.5. The van der Waals surface area contributed by atoms with Crippen LogP contribution in [0.5, 0.6) is 0 Å². The molecule has 1 aliphatic rings. The zero-order valence-corrected chi connectivity index (χ0v) is 31.2. The Morgan fingerprint density at radius 2 is 1.43 bits per heavy atom. The Hall–Kier alpha value is -1.85. The van der Waals surface area contributed by atoms with Gasteiger partial charge in [0.05, 0.1) is 0 Å². The van der Waals surface area contributed by atoms with Crippen LogP contribution in [0.25, 0.3) is 0 Å². The van der Waals surface area contributed by atoms with Crippen LogP contribution in [0.3, 0.4) is 0 Å². The number of esters is 1. The molecule has 44 heavy (non-hydrogen) atoms. The molecule has 1 heterocycles. The van der Waals surface area contributed by atoms with E-state index in [1.807, 2.05) is 13.8 Å². The number of ether oxygens (including phenoxy) is 2. The second-order valence-electron chi connectivity index (χ2n) is 18.3. The van der Waals surface area contributed by atoms with Crippen LogP contribution in [0, 0.1) is 11.3 Å². The van der Waals surface area contributed by atoms with Gasteiger partial charge in [0.1, 0.15) is 23.4 Å². The summed E-state index contributed by atoms with van der Waals surface area (Å²) in [6.45, 7) is 37.2. The molecule has 1 aromatic rings. The van der Waals surface area contributed by atoms with Crippen molar-refractivity contribution in [1.29, 1.82) is 0 Å². The molecule has 1 saturated heterocycles. The number of benzene rings is 1. The average Bonchev–Trinajstić information content (AvgIpc) is 2.77. The minimum absolute atomic E-state index is 0.0414. The molecule has 1 aliphatic heterocycles. The Balaban J connectivity index is 2.66. The lowest BCUT2D eigenvalue weighted by Gasteiger charge is -2.47. The molecule has 0 saturated carbocycles. The van der Waals surface area contributed by atoms with Crippen LogP contribution < -0.4 is 11.1 Å². The van der Waals surface area contributed by atoms with Crippen molar-refractivity contribution in [2.45, 2.75) is 182 Å². The summed E-state index contributed by atoms with van der Waals surface area (Å²) in [5.41, 5.74) is 8.31. The molecule has 5 nitrogen and oxygen atoms in total. The van der Waals surface area contributed by atoms with Crippen molar-refractivity contribution in [3.8, 4) is 0 Å². The van der Waals surface area contributed by atoms with Crippen LogP contribution in [0.2, 0.25) is 0 Å². The van der Waals surface area contributed by atoms with Gasteiger partial charge in [-0.3, -0.25) is 4.79 Å². The molecule has 0 bridgehead atoms. The highest BCUT2D eigenvalue weighted by Gasteiger charge is 2.47. The number of nitrogens with two attached hydrogens (primary N) is 1. The van der Waals surface area contributed by atoms with E-state index in [1.165, 1.54) is 11.1 Å². The molecule has 252 valence electrons. The SMILES string of the molecule is C=C(OC1CC(C)(C)NC(C)(C)C1)C(CC)(Cc1cc(C(C)(C)C)cc(C(C)(C)C)c1)C(=O)OC(CC(C)C)CC(C)(C)N. The van der Waals surface area contributed by atoms with Gasteiger partial charge in [-0.05, 0) is 94.2 Å². The Bertz CT molecular complexity index is 1070. The Morgan fingerprint density at radius 1 is 0.955 bits per heavy atom. The first kappa shape index (κ1) is 38.3. The molecule has 0 amide bonds. The summed E-state index contributed by atoms with van der Waals surface area (Å²) >= 11 is 0. The lowest BCUT2D eigenvalue weighted by atomic mass is 9.74. The van der Waals surface area contributed by atoms with Crippen LogP contribution in [0.1, 0.15) is 153 Å². The quantitative estimate of drug-likeness (QED) is 0.182. The maximum atomic E-state index is 14.7. The molecule has 2 atom stereocenters. The minimum atomic E-state index is -1.04. The topological polar surface area (TPSA) is 73.6 Å². The molecule has 0 aromatic heterocycles. The number of rotatable bonds is 12. The fourth-order valence-corrected chi connectivity index (χ4v) is 6.94. The van der Waals surface area contributed by atoms with E-state index in [2.05, 4.69) is 120 Å². The number of hydrogen-bond acceptors (Lipinski definition) is 5. The monoisotopic (exact) mass is 613 g/mol. The van der Waals surface area contributed by atoms with E-state index in [0.717, 1.165) is 24.8 Å². The van der Waals surface area contributed by atoms with Crippen LogP contribution in [0.15, 0.2) is 30.5 Å². The minimum Gasteiger partial charge on any atom is -0.494 e. The van der Waals surface area contributed by atoms with E-state index in [1.54, 1.807) is 0 Å². The van der Waals surface area contributed by atoms with Gasteiger partial charge >= 0.3 is 5.97 Å². The van der Waals surface area contributed by atoms with E-state index >= 15 is 0 Å². The van der Waals surface area contributed by atoms with Gasteiger partial charge in [0, 0.05) is 35.9 Å². The van der Waals surface area contributed by atoms with Crippen molar-refractivity contribution in [3.63, 3.8) is 0 Å². The van der Waals surface area contributed by atoms with Crippen molar-refractivity contribution in [2.24, 2.45) is 17.1 Å². The number of carbonyl (C=O) groups is 1. The lowest BCUT2D eigenvalue weighted by Crippen LogP contribution is -2.59. The van der Waals surface area contributed by atoms with E-state index in [4.69, 9.17) is 15.2 Å². The highest BCUT2D eigenvalue weighted by atomic mass is 16.6. The first-order valence-electron chi connectivity index (χ1n) is 17.0. The zero-order valence-electron chi connectivity index (χ0n) is 31.2. The molecular weight excluding hydrogens is 544 g/mol. The number of carbonyl (C=O) groups excluding carboxylic acids is 1. The lowest BCUT2D eigenvalue weighted by molar-refractivity contribution is -0.164. The number of piperidine rings is 1. The summed E-state index contributed by atoms with van der Waals surface area (Å²) in [5, 5.41) is 3.74. The fourth-order valence-electron chi connectivity index (χ4n) is 6.94. The summed E-state index contributed by atoms with van der Waals surface area (Å²) in [6, 6.07) is 6.86. The molecule has 3 N–H and O–H groups in total. The molecule has 1 fully saturated rings. The third-order valence-electron chi connectivity index (χ3n) is 8.98. The van der Waals surface area contributed by atoms with E-state index in [0.29, 0.717) is 30.9 Å². The van der Waals surface area contributed by atoms with E-state index < -0.39 is 11.0 Å². The molecular formula is C39H68N2O3. The van der Waals surface area contributed by atoms with Crippen LogP contribution in [-0.4, -0.2) is 34.8 Å². The van der Waals surface area contributed by atoms with Gasteiger partial charge in [-0.1, -0.05) is 87.1 Å². The molecule has 1 aromatic carbocycles. The van der Waals surface area contributed by atoms with Gasteiger partial charge in [-0.25, -0.2) is 0 Å². The predicted octanol–water partition coefficient (Wildman–Crippen LogP) is 9.15. The molecule has 5 heteroatoms. The Kier molecular flexibility index (Phi) is 11.7. The Morgan fingerprint density at radius 3 is 1.82 bits per heavy atom. The van der Waals surface area contributed by atoms with Gasteiger partial charge in [0.25, 0.3) is 0 Å². The first-order valence-corrected chi connectivity index (χ1v) is 17.0. The van der Waals surface area contributed by atoms with Gasteiger partial charge in [-0.2, -0.15) is 0 Å². The molecule has 0 spiro atoms. The molecule has 0 radical (unpaired) electrons. The normalized spacial score (nSPS) is 19.8. The van der Waals surface area contributed by atoms with Crippen molar-refractivity contribution in [2.75, 3.05) is 0 Å². The molecule has 2 unspecified atom stereocenters. The van der Waals surface area contributed by atoms with E-state index in [-0.39, 0.29) is 40.1 Å². The maximum absolute atomic E-state index is 14.7. The van der Waals surface area contributed by atoms with Crippen LogP contribution in [-0.2, 0) is 31.5 Å². The van der Waals surface area contributed by atoms with Gasteiger partial charge in [0.2, 0.25) is 0 Å². The number of nitrogens with one attached hydrogen (secondary N) is 1. The summed E-state index contributed by atoms with van der Waals surface area (Å²) < 4.78 is 13.3. The van der Waals surface area contributed by atoms with E-state index in [9.17, 15) is 4.79 Å². The zero-order chi connectivity index (χ0) is 34.1.